The summed E-state index contributed by atoms with van der Waals surface area (Å²) in [4.78, 5) is 22.8. The molecule has 0 aromatic rings. The molecule has 1 unspecified atom stereocenters. The number of imide groups is 1. The summed E-state index contributed by atoms with van der Waals surface area (Å²) in [5.41, 5.74) is 2.98. The molecule has 3 aliphatic carbocycles. The van der Waals surface area contributed by atoms with Crippen LogP contribution in [0, 0.1) is 5.41 Å². The van der Waals surface area contributed by atoms with Crippen molar-refractivity contribution in [3.8, 4) is 0 Å². The van der Waals surface area contributed by atoms with Gasteiger partial charge in [0.25, 0.3) is 5.91 Å². The number of hydrogen-bond acceptors (Lipinski definition) is 3. The minimum atomic E-state index is -1.10. The van der Waals surface area contributed by atoms with E-state index >= 15 is 0 Å². The smallest absolute Gasteiger partial charge is 0.322 e. The Bertz CT molecular complexity index is 369. The number of hydrogen-bond donors (Lipinski definition) is 3. The maximum atomic E-state index is 13.4. The van der Waals surface area contributed by atoms with E-state index in [2.05, 4.69) is 10.6 Å². The number of nitrogens with two attached hydrogens (primary N) is 1. The second-order valence-corrected chi connectivity index (χ2v) is 4.98. The first-order valence-corrected chi connectivity index (χ1v) is 4.98. The predicted molar refractivity (Wildman–Crippen MR) is 55.8 cm³/mol. The highest BCUT2D eigenvalue weighted by atomic mass is 35.5. The molecule has 4 fully saturated rings. The van der Waals surface area contributed by atoms with Crippen molar-refractivity contribution in [1.82, 2.24) is 10.6 Å². The van der Waals surface area contributed by atoms with Crippen molar-refractivity contribution in [3.05, 3.63) is 0 Å². The molecule has 0 spiro atoms. The van der Waals surface area contributed by atoms with Crippen molar-refractivity contribution in [3.63, 3.8) is 0 Å². The van der Waals surface area contributed by atoms with Crippen molar-refractivity contribution in [2.24, 2.45) is 11.1 Å². The molecule has 1 saturated heterocycles. The molecule has 5 nitrogen and oxygen atoms in total. The lowest BCUT2D eigenvalue weighted by Crippen LogP contribution is -2.80. The number of halogens is 2. The molecule has 90 valence electrons. The van der Waals surface area contributed by atoms with E-state index < -0.39 is 28.6 Å². The Hall–Kier alpha value is -0.880. The molecule has 4 N–H and O–H groups in total. The van der Waals surface area contributed by atoms with Gasteiger partial charge in [-0.2, -0.15) is 0 Å². The lowest BCUT2D eigenvalue weighted by molar-refractivity contribution is -0.245. The molecule has 16 heavy (non-hydrogen) atoms. The van der Waals surface area contributed by atoms with E-state index in [1.165, 1.54) is 0 Å². The zero-order chi connectivity index (χ0) is 10.9. The second-order valence-electron chi connectivity index (χ2n) is 4.98. The van der Waals surface area contributed by atoms with Gasteiger partial charge in [-0.3, -0.25) is 10.1 Å². The monoisotopic (exact) mass is 249 g/mol. The second kappa shape index (κ2) is 2.87. The Morgan fingerprint density at radius 1 is 1.31 bits per heavy atom. The van der Waals surface area contributed by atoms with Crippen LogP contribution in [0.2, 0.25) is 0 Å². The number of amides is 3. The van der Waals surface area contributed by atoms with Gasteiger partial charge in [0.2, 0.25) is 0 Å². The van der Waals surface area contributed by atoms with Crippen molar-refractivity contribution in [2.45, 2.75) is 30.5 Å². The van der Waals surface area contributed by atoms with Gasteiger partial charge in [-0.05, 0) is 19.3 Å². The highest BCUT2D eigenvalue weighted by Crippen LogP contribution is 2.73. The third kappa shape index (κ3) is 0.990. The number of urea groups is 1. The zero-order valence-electron chi connectivity index (χ0n) is 8.51. The van der Waals surface area contributed by atoms with Gasteiger partial charge >= 0.3 is 6.03 Å². The maximum Gasteiger partial charge on any atom is 0.322 e. The molecule has 3 amide bonds. The standard InChI is InChI=1S/C9H12FN3O2.ClH/c10-8-1-7(2-8,3-8)9(4-11)5(14)12-6(15)13-9;/h1-4,11H2,(H2,12,13,14,15);1H. The molecule has 0 aromatic heterocycles. The van der Waals surface area contributed by atoms with E-state index in [4.69, 9.17) is 5.73 Å². The van der Waals surface area contributed by atoms with Crippen LogP contribution in [0.15, 0.2) is 0 Å². The Morgan fingerprint density at radius 3 is 2.19 bits per heavy atom. The summed E-state index contributed by atoms with van der Waals surface area (Å²) in [7, 11) is 0. The lowest BCUT2D eigenvalue weighted by atomic mass is 9.36. The average Bonchev–Trinajstić information content (AvgIpc) is 2.35. The summed E-state index contributed by atoms with van der Waals surface area (Å²) in [6, 6.07) is -0.525. The van der Waals surface area contributed by atoms with E-state index in [9.17, 15) is 14.0 Å². The minimum Gasteiger partial charge on any atom is -0.328 e. The molecule has 1 heterocycles. The fourth-order valence-electron chi connectivity index (χ4n) is 3.34. The molecular formula is C9H13ClFN3O2. The van der Waals surface area contributed by atoms with Gasteiger partial charge in [0.15, 0.2) is 0 Å². The topological polar surface area (TPSA) is 84.2 Å². The van der Waals surface area contributed by atoms with Gasteiger partial charge in [-0.15, -0.1) is 12.4 Å². The van der Waals surface area contributed by atoms with E-state index in [0.717, 1.165) is 0 Å². The summed E-state index contributed by atoms with van der Waals surface area (Å²) in [5.74, 6) is -0.406. The molecule has 2 bridgehead atoms. The molecule has 0 radical (unpaired) electrons. The molecule has 1 atom stereocenters. The zero-order valence-corrected chi connectivity index (χ0v) is 9.32. The van der Waals surface area contributed by atoms with Gasteiger partial charge in [0.1, 0.15) is 11.2 Å². The maximum absolute atomic E-state index is 13.4. The predicted octanol–water partition coefficient (Wildman–Crippen LogP) is -0.163. The van der Waals surface area contributed by atoms with Gasteiger partial charge in [-0.1, -0.05) is 0 Å². The summed E-state index contributed by atoms with van der Waals surface area (Å²) >= 11 is 0. The number of rotatable bonds is 2. The quantitative estimate of drug-likeness (QED) is 0.595. The van der Waals surface area contributed by atoms with Crippen LogP contribution in [0.3, 0.4) is 0 Å². The lowest BCUT2D eigenvalue weighted by Gasteiger charge is -2.70. The highest BCUT2D eigenvalue weighted by Gasteiger charge is 2.79. The number of nitrogens with one attached hydrogen (secondary N) is 2. The van der Waals surface area contributed by atoms with Crippen molar-refractivity contribution >= 4 is 24.3 Å². The first-order valence-electron chi connectivity index (χ1n) is 4.98. The van der Waals surface area contributed by atoms with Crippen LogP contribution in [0.5, 0.6) is 0 Å². The molecule has 1 aliphatic heterocycles. The molecule has 7 heteroatoms. The molecule has 4 rings (SSSR count). The fraction of sp³-hybridized carbons (Fsp3) is 0.778. The molecular weight excluding hydrogens is 237 g/mol. The van der Waals surface area contributed by atoms with Crippen LogP contribution in [-0.2, 0) is 4.79 Å². The van der Waals surface area contributed by atoms with Crippen LogP contribution in [0.1, 0.15) is 19.3 Å². The number of carbonyl (C=O) groups is 2. The van der Waals surface area contributed by atoms with Crippen LogP contribution < -0.4 is 16.4 Å². The summed E-state index contributed by atoms with van der Waals surface area (Å²) in [6.07, 6.45) is 1.01. The van der Waals surface area contributed by atoms with E-state index in [1.54, 1.807) is 0 Å². The summed E-state index contributed by atoms with van der Waals surface area (Å²) in [6.45, 7) is 0.0284. The third-order valence-corrected chi connectivity index (χ3v) is 4.12. The fourth-order valence-corrected chi connectivity index (χ4v) is 3.34. The number of carbonyl (C=O) groups excluding carboxylic acids is 2. The van der Waals surface area contributed by atoms with E-state index in [-0.39, 0.29) is 19.0 Å². The van der Waals surface area contributed by atoms with Gasteiger partial charge in [0.05, 0.1) is 0 Å². The van der Waals surface area contributed by atoms with Crippen LogP contribution in [0.4, 0.5) is 9.18 Å². The van der Waals surface area contributed by atoms with Crippen LogP contribution in [-0.4, -0.2) is 29.7 Å². The van der Waals surface area contributed by atoms with Gasteiger partial charge in [0, 0.05) is 12.0 Å². The minimum absolute atomic E-state index is 0. The van der Waals surface area contributed by atoms with E-state index in [0.29, 0.717) is 19.3 Å². The molecule has 3 saturated carbocycles. The number of alkyl halides is 1. The molecule has 4 aliphatic rings. The summed E-state index contributed by atoms with van der Waals surface area (Å²) < 4.78 is 13.4. The van der Waals surface area contributed by atoms with Gasteiger partial charge in [-0.25, -0.2) is 9.18 Å². The van der Waals surface area contributed by atoms with Crippen molar-refractivity contribution < 1.29 is 14.0 Å². The largest absolute Gasteiger partial charge is 0.328 e. The Labute approximate surface area is 97.7 Å². The summed E-state index contributed by atoms with van der Waals surface area (Å²) in [5, 5.41) is 4.75. The van der Waals surface area contributed by atoms with Crippen molar-refractivity contribution in [2.75, 3.05) is 6.54 Å². The first kappa shape index (κ1) is 11.6. The average molecular weight is 250 g/mol. The van der Waals surface area contributed by atoms with E-state index in [1.807, 2.05) is 0 Å². The highest BCUT2D eigenvalue weighted by molar-refractivity contribution is 6.08. The van der Waals surface area contributed by atoms with Crippen LogP contribution in [0.25, 0.3) is 0 Å². The van der Waals surface area contributed by atoms with Crippen LogP contribution >= 0.6 is 12.4 Å². The SMILES string of the molecule is Cl.NCC1(C23CC(F)(C2)C3)NC(=O)NC1=O. The Balaban J connectivity index is 0.000000963. The Kier molecular flexibility index (Phi) is 2.08. The van der Waals surface area contributed by atoms with Crippen molar-refractivity contribution in [1.29, 1.82) is 0 Å². The first-order chi connectivity index (χ1) is 6.95. The van der Waals surface area contributed by atoms with Gasteiger partial charge < -0.3 is 11.1 Å². The third-order valence-electron chi connectivity index (χ3n) is 4.12. The normalized spacial score (nSPS) is 48.4. The Morgan fingerprint density at radius 2 is 1.88 bits per heavy atom. The molecule has 0 aromatic carbocycles.